The average Bonchev–Trinajstić information content (AvgIpc) is 3.39. The van der Waals surface area contributed by atoms with E-state index in [0.717, 1.165) is 48.5 Å². The third kappa shape index (κ3) is 4.34. The Kier molecular flexibility index (Phi) is 5.60. The number of amides is 2. The molecule has 0 aliphatic carbocycles. The van der Waals surface area contributed by atoms with Gasteiger partial charge in [0.25, 0.3) is 11.8 Å². The third-order valence-corrected chi connectivity index (χ3v) is 5.94. The normalized spacial score (nSPS) is 14.3. The number of benzene rings is 2. The van der Waals surface area contributed by atoms with Crippen LogP contribution in [0.2, 0.25) is 0 Å². The van der Waals surface area contributed by atoms with Crippen molar-refractivity contribution in [2.45, 2.75) is 45.2 Å². The molecule has 5 rings (SSSR count). The van der Waals surface area contributed by atoms with Crippen LogP contribution >= 0.6 is 0 Å². The van der Waals surface area contributed by atoms with E-state index in [1.807, 2.05) is 6.92 Å². The summed E-state index contributed by atoms with van der Waals surface area (Å²) in [5.41, 5.74) is 3.09. The Morgan fingerprint density at radius 2 is 1.91 bits per heavy atom. The zero-order chi connectivity index (χ0) is 22.8. The molecule has 9 nitrogen and oxygen atoms in total. The first-order chi connectivity index (χ1) is 16.1. The molecule has 4 aromatic rings. The summed E-state index contributed by atoms with van der Waals surface area (Å²) >= 11 is 0. The highest BCUT2D eigenvalue weighted by Gasteiger charge is 2.21. The highest BCUT2D eigenvalue weighted by atomic mass is 16.2. The van der Waals surface area contributed by atoms with E-state index in [0.29, 0.717) is 16.8 Å². The molecule has 33 heavy (non-hydrogen) atoms. The van der Waals surface area contributed by atoms with Gasteiger partial charge < -0.3 is 20.2 Å². The van der Waals surface area contributed by atoms with Gasteiger partial charge in [-0.3, -0.25) is 9.59 Å². The van der Waals surface area contributed by atoms with E-state index in [4.69, 9.17) is 0 Å². The number of rotatable bonds is 5. The van der Waals surface area contributed by atoms with Crippen LogP contribution in [0.3, 0.4) is 0 Å². The lowest BCUT2D eigenvalue weighted by molar-refractivity contribution is 0.0936. The van der Waals surface area contributed by atoms with Gasteiger partial charge in [-0.15, -0.1) is 10.2 Å². The average molecular weight is 444 g/mol. The molecule has 0 saturated heterocycles. The van der Waals surface area contributed by atoms with Crippen molar-refractivity contribution >= 4 is 28.5 Å². The smallest absolute Gasteiger partial charge is 0.255 e. The number of nitrogens with one attached hydrogen (secondary N) is 3. The molecule has 0 radical (unpaired) electrons. The van der Waals surface area contributed by atoms with E-state index < -0.39 is 0 Å². The molecule has 2 amide bonds. The molecule has 1 aliphatic heterocycles. The summed E-state index contributed by atoms with van der Waals surface area (Å²) in [4.78, 5) is 32.8. The lowest BCUT2D eigenvalue weighted by Crippen LogP contribution is -2.29. The van der Waals surface area contributed by atoms with E-state index >= 15 is 0 Å². The van der Waals surface area contributed by atoms with E-state index in [-0.39, 0.29) is 17.9 Å². The number of hydrogen-bond donors (Lipinski definition) is 3. The number of aromatic nitrogens is 5. The molecule has 1 atom stereocenters. The number of aryl methyl sites for hydroxylation is 1. The van der Waals surface area contributed by atoms with Crippen molar-refractivity contribution in [2.75, 3.05) is 5.32 Å². The predicted molar refractivity (Wildman–Crippen MR) is 124 cm³/mol. The molecule has 1 unspecified atom stereocenters. The van der Waals surface area contributed by atoms with Crippen LogP contribution in [0.1, 0.15) is 64.6 Å². The van der Waals surface area contributed by atoms with Gasteiger partial charge in [0.2, 0.25) is 0 Å². The fourth-order valence-electron chi connectivity index (χ4n) is 4.19. The molecule has 0 fully saturated rings. The fraction of sp³-hybridized carbons (Fsp3) is 0.292. The van der Waals surface area contributed by atoms with Gasteiger partial charge in [-0.2, -0.15) is 0 Å². The van der Waals surface area contributed by atoms with Crippen molar-refractivity contribution in [1.29, 1.82) is 0 Å². The Labute approximate surface area is 190 Å². The molecule has 3 N–H and O–H groups in total. The van der Waals surface area contributed by atoms with Crippen molar-refractivity contribution < 1.29 is 9.59 Å². The maximum atomic E-state index is 12.9. The second-order valence-electron chi connectivity index (χ2n) is 8.30. The lowest BCUT2D eigenvalue weighted by Gasteiger charge is -2.16. The van der Waals surface area contributed by atoms with Crippen molar-refractivity contribution in [3.05, 3.63) is 71.6 Å². The molecule has 0 bridgehead atoms. The SMILES string of the molecule is CC(NC(=O)c1cccc(NC(=O)c2ccc3nc[nH]c3c2)c1)c1nnc2n1CCCCC2. The van der Waals surface area contributed by atoms with Crippen LogP contribution < -0.4 is 10.6 Å². The van der Waals surface area contributed by atoms with E-state index in [1.165, 1.54) is 6.42 Å². The van der Waals surface area contributed by atoms with E-state index in [2.05, 4.69) is 35.4 Å². The standard InChI is InChI=1S/C24H25N7O2/c1-15(22-30-29-21-8-3-2-4-11-31(21)22)27-23(32)16-6-5-7-18(12-16)28-24(33)17-9-10-19-20(13-17)26-14-25-19/h5-7,9-10,12-15H,2-4,8,11H2,1H3,(H,25,26)(H,27,32)(H,28,33). The number of carbonyl (C=O) groups excluding carboxylic acids is 2. The van der Waals surface area contributed by atoms with Gasteiger partial charge in [-0.25, -0.2) is 4.98 Å². The maximum absolute atomic E-state index is 12.9. The molecular weight excluding hydrogens is 418 g/mol. The largest absolute Gasteiger partial charge is 0.345 e. The van der Waals surface area contributed by atoms with Crippen molar-refractivity contribution in [2.24, 2.45) is 0 Å². The first kappa shape index (κ1) is 20.9. The Morgan fingerprint density at radius 3 is 2.82 bits per heavy atom. The Hall–Kier alpha value is -4.01. The Balaban J connectivity index is 1.28. The first-order valence-corrected chi connectivity index (χ1v) is 11.2. The summed E-state index contributed by atoms with van der Waals surface area (Å²) < 4.78 is 2.13. The molecule has 9 heteroatoms. The van der Waals surface area contributed by atoms with Crippen LogP contribution in [-0.2, 0) is 13.0 Å². The van der Waals surface area contributed by atoms with Crippen molar-refractivity contribution in [3.63, 3.8) is 0 Å². The van der Waals surface area contributed by atoms with E-state index in [1.54, 1.807) is 48.8 Å². The topological polar surface area (TPSA) is 118 Å². The minimum Gasteiger partial charge on any atom is -0.345 e. The number of anilines is 1. The Morgan fingerprint density at radius 1 is 1.03 bits per heavy atom. The molecule has 2 aromatic heterocycles. The number of H-pyrrole nitrogens is 1. The van der Waals surface area contributed by atoms with Gasteiger partial charge in [0.1, 0.15) is 5.82 Å². The quantitative estimate of drug-likeness (QED) is 0.435. The summed E-state index contributed by atoms with van der Waals surface area (Å²) in [5, 5.41) is 14.5. The molecule has 0 spiro atoms. The van der Waals surface area contributed by atoms with E-state index in [9.17, 15) is 9.59 Å². The Bertz CT molecular complexity index is 1320. The first-order valence-electron chi connectivity index (χ1n) is 11.2. The fourth-order valence-corrected chi connectivity index (χ4v) is 4.19. The minimum atomic E-state index is -0.281. The van der Waals surface area contributed by atoms with Crippen LogP contribution in [0.5, 0.6) is 0 Å². The van der Waals surface area contributed by atoms with Crippen molar-refractivity contribution in [3.8, 4) is 0 Å². The van der Waals surface area contributed by atoms with Crippen LogP contribution in [0.25, 0.3) is 11.0 Å². The number of fused-ring (bicyclic) bond motifs is 2. The highest BCUT2D eigenvalue weighted by molar-refractivity contribution is 6.06. The zero-order valence-electron chi connectivity index (χ0n) is 18.3. The molecule has 0 saturated carbocycles. The second kappa shape index (κ2) is 8.85. The molecular formula is C24H25N7O2. The number of nitrogens with zero attached hydrogens (tertiary/aromatic N) is 4. The minimum absolute atomic E-state index is 0.233. The highest BCUT2D eigenvalue weighted by Crippen LogP contribution is 2.20. The molecule has 1 aliphatic rings. The third-order valence-electron chi connectivity index (χ3n) is 5.94. The summed E-state index contributed by atoms with van der Waals surface area (Å²) in [6.07, 6.45) is 5.90. The number of aromatic amines is 1. The molecule has 3 heterocycles. The predicted octanol–water partition coefficient (Wildman–Crippen LogP) is 3.62. The summed E-state index contributed by atoms with van der Waals surface area (Å²) in [7, 11) is 0. The van der Waals surface area contributed by atoms with Gasteiger partial charge in [0.05, 0.1) is 23.4 Å². The maximum Gasteiger partial charge on any atom is 0.255 e. The summed E-state index contributed by atoms with van der Waals surface area (Å²) in [6.45, 7) is 2.79. The van der Waals surface area contributed by atoms with Crippen LogP contribution in [0.15, 0.2) is 48.8 Å². The monoisotopic (exact) mass is 443 g/mol. The van der Waals surface area contributed by atoms with Gasteiger partial charge in [-0.1, -0.05) is 12.5 Å². The van der Waals surface area contributed by atoms with Crippen molar-refractivity contribution in [1.82, 2.24) is 30.0 Å². The van der Waals surface area contributed by atoms with Crippen LogP contribution in [-0.4, -0.2) is 36.5 Å². The number of carbonyl (C=O) groups is 2. The van der Waals surface area contributed by atoms with Gasteiger partial charge >= 0.3 is 0 Å². The number of hydrogen-bond acceptors (Lipinski definition) is 5. The van der Waals surface area contributed by atoms with Gasteiger partial charge in [0, 0.05) is 29.8 Å². The summed E-state index contributed by atoms with van der Waals surface area (Å²) in [6, 6.07) is 11.9. The summed E-state index contributed by atoms with van der Waals surface area (Å²) in [5.74, 6) is 1.27. The molecule has 2 aromatic carbocycles. The molecule has 168 valence electrons. The van der Waals surface area contributed by atoms with Gasteiger partial charge in [-0.05, 0) is 56.2 Å². The zero-order valence-corrected chi connectivity index (χ0v) is 18.3. The van der Waals surface area contributed by atoms with Gasteiger partial charge in [0.15, 0.2) is 5.82 Å². The lowest BCUT2D eigenvalue weighted by atomic mass is 10.1. The second-order valence-corrected chi connectivity index (χ2v) is 8.30. The number of imidazole rings is 1. The van der Waals surface area contributed by atoms with Crippen LogP contribution in [0, 0.1) is 0 Å². The van der Waals surface area contributed by atoms with Crippen LogP contribution in [0.4, 0.5) is 5.69 Å².